The topological polar surface area (TPSA) is 60.9 Å². The maximum absolute atomic E-state index is 12.9. The molecule has 130 valence electrons. The van der Waals surface area contributed by atoms with Gasteiger partial charge >= 0.3 is 0 Å². The number of rotatable bonds is 5. The summed E-state index contributed by atoms with van der Waals surface area (Å²) in [4.78, 5) is 28.9. The number of aryl methyl sites for hydroxylation is 1. The van der Waals surface area contributed by atoms with Gasteiger partial charge in [0.1, 0.15) is 0 Å². The molecule has 0 aliphatic carbocycles. The third kappa shape index (κ3) is 3.23. The van der Waals surface area contributed by atoms with Gasteiger partial charge in [0.25, 0.3) is 5.91 Å². The van der Waals surface area contributed by atoms with Crippen molar-refractivity contribution in [2.45, 2.75) is 57.5 Å². The molecule has 1 aromatic rings. The molecule has 2 heterocycles. The van der Waals surface area contributed by atoms with E-state index in [1.807, 2.05) is 24.3 Å². The van der Waals surface area contributed by atoms with Gasteiger partial charge in [-0.15, -0.1) is 0 Å². The van der Waals surface area contributed by atoms with E-state index in [0.29, 0.717) is 12.1 Å². The monoisotopic (exact) mass is 330 g/mol. The minimum Gasteiger partial charge on any atom is -0.396 e. The zero-order chi connectivity index (χ0) is 17.1. The van der Waals surface area contributed by atoms with E-state index in [2.05, 4.69) is 11.8 Å². The summed E-state index contributed by atoms with van der Waals surface area (Å²) < 4.78 is 0. The van der Waals surface area contributed by atoms with Gasteiger partial charge in [-0.3, -0.25) is 14.5 Å². The summed E-state index contributed by atoms with van der Waals surface area (Å²) in [5.41, 5.74) is 1.86. The number of amides is 2. The van der Waals surface area contributed by atoms with Crippen LogP contribution in [0.1, 0.15) is 44.6 Å². The lowest BCUT2D eigenvalue weighted by molar-refractivity contribution is -0.123. The van der Waals surface area contributed by atoms with Gasteiger partial charge in [-0.05, 0) is 49.9 Å². The molecule has 2 atom stereocenters. The Morgan fingerprint density at radius 1 is 1.17 bits per heavy atom. The zero-order valence-corrected chi connectivity index (χ0v) is 14.3. The van der Waals surface area contributed by atoms with Gasteiger partial charge < -0.3 is 5.11 Å². The lowest BCUT2D eigenvalue weighted by Gasteiger charge is -2.38. The van der Waals surface area contributed by atoms with Crippen molar-refractivity contribution in [2.24, 2.45) is 0 Å². The van der Waals surface area contributed by atoms with Crippen LogP contribution in [-0.2, 0) is 16.0 Å². The molecule has 0 aromatic heterocycles. The van der Waals surface area contributed by atoms with E-state index in [4.69, 9.17) is 0 Å². The Bertz CT molecular complexity index is 597. The fourth-order valence-corrected chi connectivity index (χ4v) is 3.92. The van der Waals surface area contributed by atoms with Crippen molar-refractivity contribution in [3.05, 3.63) is 29.8 Å². The van der Waals surface area contributed by atoms with Crippen LogP contribution < -0.4 is 4.90 Å². The van der Waals surface area contributed by atoms with Gasteiger partial charge in [-0.2, -0.15) is 0 Å². The van der Waals surface area contributed by atoms with Crippen molar-refractivity contribution in [3.63, 3.8) is 0 Å². The SMILES string of the molecule is CCc1ccc(N2C(=O)C[C@@H](N3CCCC[C@@H]3CCO)C2=O)cc1. The predicted octanol–water partition coefficient (Wildman–Crippen LogP) is 2.12. The van der Waals surface area contributed by atoms with Gasteiger partial charge in [-0.25, -0.2) is 4.90 Å². The lowest BCUT2D eigenvalue weighted by atomic mass is 9.97. The normalized spacial score (nSPS) is 25.5. The minimum absolute atomic E-state index is 0.117. The minimum atomic E-state index is -0.375. The van der Waals surface area contributed by atoms with Crippen LogP contribution in [0.15, 0.2) is 24.3 Å². The molecule has 24 heavy (non-hydrogen) atoms. The van der Waals surface area contributed by atoms with Crippen molar-refractivity contribution in [1.29, 1.82) is 0 Å². The summed E-state index contributed by atoms with van der Waals surface area (Å²) >= 11 is 0. The van der Waals surface area contributed by atoms with Gasteiger partial charge in [0, 0.05) is 12.6 Å². The fraction of sp³-hybridized carbons (Fsp3) is 0.579. The van der Waals surface area contributed by atoms with Gasteiger partial charge in [0.05, 0.1) is 18.2 Å². The van der Waals surface area contributed by atoms with Crippen molar-refractivity contribution < 1.29 is 14.7 Å². The number of likely N-dealkylation sites (tertiary alicyclic amines) is 1. The van der Waals surface area contributed by atoms with E-state index in [1.165, 1.54) is 10.5 Å². The van der Waals surface area contributed by atoms with Crippen molar-refractivity contribution in [2.75, 3.05) is 18.1 Å². The van der Waals surface area contributed by atoms with E-state index in [-0.39, 0.29) is 36.9 Å². The molecule has 2 amide bonds. The number of imide groups is 1. The first-order valence-corrected chi connectivity index (χ1v) is 8.98. The molecule has 0 unspecified atom stereocenters. The molecule has 0 spiro atoms. The molecular weight excluding hydrogens is 304 g/mol. The number of anilines is 1. The summed E-state index contributed by atoms with van der Waals surface area (Å²) in [5, 5.41) is 9.29. The van der Waals surface area contributed by atoms with Gasteiger partial charge in [0.15, 0.2) is 0 Å². The van der Waals surface area contributed by atoms with Crippen LogP contribution in [0.2, 0.25) is 0 Å². The average molecular weight is 330 g/mol. The van der Waals surface area contributed by atoms with Crippen LogP contribution in [0.5, 0.6) is 0 Å². The van der Waals surface area contributed by atoms with Crippen LogP contribution in [0.25, 0.3) is 0 Å². The summed E-state index contributed by atoms with van der Waals surface area (Å²) in [5.74, 6) is -0.239. The van der Waals surface area contributed by atoms with Crippen molar-refractivity contribution in [1.82, 2.24) is 4.90 Å². The molecule has 2 aliphatic heterocycles. The number of aliphatic hydroxyl groups is 1. The lowest BCUT2D eigenvalue weighted by Crippen LogP contribution is -2.50. The summed E-state index contributed by atoms with van der Waals surface area (Å²) in [7, 11) is 0. The fourth-order valence-electron chi connectivity index (χ4n) is 3.92. The number of aliphatic hydroxyl groups excluding tert-OH is 1. The molecule has 0 saturated carbocycles. The van der Waals surface area contributed by atoms with Gasteiger partial charge in [-0.1, -0.05) is 25.5 Å². The highest BCUT2D eigenvalue weighted by Gasteiger charge is 2.44. The number of carbonyl (C=O) groups excluding carboxylic acids is 2. The zero-order valence-electron chi connectivity index (χ0n) is 14.3. The Morgan fingerprint density at radius 3 is 2.58 bits per heavy atom. The number of nitrogens with zero attached hydrogens (tertiary/aromatic N) is 2. The number of hydrogen-bond donors (Lipinski definition) is 1. The maximum Gasteiger partial charge on any atom is 0.251 e. The molecule has 2 saturated heterocycles. The second-order valence-electron chi connectivity index (χ2n) is 6.71. The third-order valence-electron chi connectivity index (χ3n) is 5.26. The Morgan fingerprint density at radius 2 is 1.92 bits per heavy atom. The van der Waals surface area contributed by atoms with Crippen LogP contribution in [0.4, 0.5) is 5.69 Å². The molecular formula is C19H26N2O3. The van der Waals surface area contributed by atoms with Crippen LogP contribution in [0.3, 0.4) is 0 Å². The smallest absolute Gasteiger partial charge is 0.251 e. The van der Waals surface area contributed by atoms with Crippen molar-refractivity contribution in [3.8, 4) is 0 Å². The molecule has 2 fully saturated rings. The summed E-state index contributed by atoms with van der Waals surface area (Å²) in [6.45, 7) is 3.03. The van der Waals surface area contributed by atoms with Crippen LogP contribution >= 0.6 is 0 Å². The van der Waals surface area contributed by atoms with E-state index < -0.39 is 0 Å². The first kappa shape index (κ1) is 17.1. The van der Waals surface area contributed by atoms with Crippen LogP contribution in [-0.4, -0.2) is 47.1 Å². The maximum atomic E-state index is 12.9. The predicted molar refractivity (Wildman–Crippen MR) is 92.8 cm³/mol. The second-order valence-corrected chi connectivity index (χ2v) is 6.71. The number of hydrogen-bond acceptors (Lipinski definition) is 4. The number of piperidine rings is 1. The van der Waals surface area contributed by atoms with Crippen LogP contribution in [0, 0.1) is 0 Å². The summed E-state index contributed by atoms with van der Waals surface area (Å²) in [6.07, 6.45) is 5.01. The molecule has 1 aromatic carbocycles. The standard InChI is InChI=1S/C19H26N2O3/c1-2-14-6-8-16(9-7-14)21-18(23)13-17(19(21)24)20-11-4-3-5-15(20)10-12-22/h6-9,15,17,22H,2-5,10-13H2,1H3/t15-,17-/m1/s1. The number of benzene rings is 1. The third-order valence-corrected chi connectivity index (χ3v) is 5.26. The molecule has 5 nitrogen and oxygen atoms in total. The first-order valence-electron chi connectivity index (χ1n) is 8.98. The quantitative estimate of drug-likeness (QED) is 0.840. The van der Waals surface area contributed by atoms with Gasteiger partial charge in [0.2, 0.25) is 5.91 Å². The van der Waals surface area contributed by atoms with E-state index in [0.717, 1.165) is 32.2 Å². The Labute approximate surface area is 143 Å². The highest BCUT2D eigenvalue weighted by Crippen LogP contribution is 2.30. The molecule has 0 bridgehead atoms. The van der Waals surface area contributed by atoms with E-state index in [1.54, 1.807) is 0 Å². The Hall–Kier alpha value is -1.72. The highest BCUT2D eigenvalue weighted by atomic mass is 16.3. The summed E-state index contributed by atoms with van der Waals surface area (Å²) in [6, 6.07) is 7.49. The molecule has 1 N–H and O–H groups in total. The second kappa shape index (κ2) is 7.45. The first-order chi connectivity index (χ1) is 11.7. The largest absolute Gasteiger partial charge is 0.396 e. The molecule has 2 aliphatic rings. The molecule has 0 radical (unpaired) electrons. The molecule has 3 rings (SSSR count). The Kier molecular flexibility index (Phi) is 5.31. The average Bonchev–Trinajstić information content (AvgIpc) is 2.90. The molecule has 5 heteroatoms. The number of carbonyl (C=O) groups is 2. The highest BCUT2D eigenvalue weighted by molar-refractivity contribution is 6.22. The van der Waals surface area contributed by atoms with E-state index in [9.17, 15) is 14.7 Å². The van der Waals surface area contributed by atoms with E-state index >= 15 is 0 Å². The Balaban J connectivity index is 1.79. The van der Waals surface area contributed by atoms with Crippen molar-refractivity contribution >= 4 is 17.5 Å².